The number of piperidine rings is 1. The molecule has 1 atom stereocenters. The Morgan fingerprint density at radius 1 is 1.38 bits per heavy atom. The molecular formula is C10H18N2O. The first kappa shape index (κ1) is 9.00. The molecular weight excluding hydrogens is 164 g/mol. The van der Waals surface area contributed by atoms with E-state index in [2.05, 4.69) is 0 Å². The number of likely N-dealkylation sites (tertiary alicyclic amines) is 1. The minimum atomic E-state index is 0.372. The van der Waals surface area contributed by atoms with E-state index < -0.39 is 0 Å². The van der Waals surface area contributed by atoms with Crippen LogP contribution in [0.1, 0.15) is 25.7 Å². The fourth-order valence-electron chi connectivity index (χ4n) is 2.05. The molecule has 1 aliphatic heterocycles. The molecule has 0 spiro atoms. The Kier molecular flexibility index (Phi) is 2.54. The molecule has 1 saturated heterocycles. The molecule has 0 aromatic heterocycles. The Hall–Kier alpha value is -0.570. The number of rotatable bonds is 2. The second-order valence-corrected chi connectivity index (χ2v) is 4.30. The lowest BCUT2D eigenvalue weighted by molar-refractivity contribution is -0.134. The van der Waals surface area contributed by atoms with Crippen LogP contribution < -0.4 is 5.73 Å². The Balaban J connectivity index is 1.87. The van der Waals surface area contributed by atoms with Crippen molar-refractivity contribution in [3.8, 4) is 0 Å². The molecule has 0 bridgehead atoms. The van der Waals surface area contributed by atoms with Gasteiger partial charge in [0.1, 0.15) is 0 Å². The van der Waals surface area contributed by atoms with Crippen molar-refractivity contribution < 1.29 is 4.79 Å². The molecule has 3 heteroatoms. The van der Waals surface area contributed by atoms with Crippen LogP contribution in [0.3, 0.4) is 0 Å². The third-order valence-corrected chi connectivity index (χ3v) is 3.09. The molecule has 1 heterocycles. The topological polar surface area (TPSA) is 46.3 Å². The van der Waals surface area contributed by atoms with Crippen molar-refractivity contribution >= 4 is 5.91 Å². The Labute approximate surface area is 79.3 Å². The van der Waals surface area contributed by atoms with Crippen LogP contribution in [0.15, 0.2) is 0 Å². The first-order chi connectivity index (χ1) is 6.31. The van der Waals surface area contributed by atoms with Crippen molar-refractivity contribution in [2.75, 3.05) is 19.6 Å². The second kappa shape index (κ2) is 3.66. The van der Waals surface area contributed by atoms with Gasteiger partial charge >= 0.3 is 0 Å². The second-order valence-electron chi connectivity index (χ2n) is 4.30. The third-order valence-electron chi connectivity index (χ3n) is 3.09. The molecule has 2 N–H and O–H groups in total. The Bertz CT molecular complexity index is 201. The highest BCUT2D eigenvalue weighted by molar-refractivity contribution is 5.81. The fourth-order valence-corrected chi connectivity index (χ4v) is 2.05. The van der Waals surface area contributed by atoms with E-state index in [0.29, 0.717) is 17.7 Å². The van der Waals surface area contributed by atoms with Crippen molar-refractivity contribution in [3.63, 3.8) is 0 Å². The van der Waals surface area contributed by atoms with Crippen LogP contribution in [0.25, 0.3) is 0 Å². The smallest absolute Gasteiger partial charge is 0.225 e. The molecule has 1 saturated carbocycles. The number of hydrogen-bond donors (Lipinski definition) is 1. The van der Waals surface area contributed by atoms with E-state index in [1.165, 1.54) is 6.42 Å². The summed E-state index contributed by atoms with van der Waals surface area (Å²) in [6, 6.07) is 0. The third kappa shape index (κ3) is 2.02. The summed E-state index contributed by atoms with van der Waals surface area (Å²) in [4.78, 5) is 13.7. The monoisotopic (exact) mass is 182 g/mol. The molecule has 74 valence electrons. The lowest BCUT2D eigenvalue weighted by atomic mass is 9.98. The zero-order chi connectivity index (χ0) is 9.26. The highest BCUT2D eigenvalue weighted by Crippen LogP contribution is 2.32. The van der Waals surface area contributed by atoms with E-state index in [0.717, 1.165) is 38.9 Å². The summed E-state index contributed by atoms with van der Waals surface area (Å²) in [5, 5.41) is 0. The summed E-state index contributed by atoms with van der Waals surface area (Å²) < 4.78 is 0. The van der Waals surface area contributed by atoms with E-state index in [9.17, 15) is 4.79 Å². The van der Waals surface area contributed by atoms with E-state index in [1.807, 2.05) is 4.90 Å². The van der Waals surface area contributed by atoms with Gasteiger partial charge in [0.25, 0.3) is 0 Å². The number of carbonyl (C=O) groups excluding carboxylic acids is 1. The largest absolute Gasteiger partial charge is 0.342 e. The predicted molar refractivity (Wildman–Crippen MR) is 51.1 cm³/mol. The molecule has 13 heavy (non-hydrogen) atoms. The maximum absolute atomic E-state index is 11.7. The SMILES string of the molecule is NC[C@H]1CCCN(C(=O)C2CC2)C1. The first-order valence-corrected chi connectivity index (χ1v) is 5.30. The average molecular weight is 182 g/mol. The van der Waals surface area contributed by atoms with Crippen LogP contribution >= 0.6 is 0 Å². The molecule has 2 rings (SSSR count). The molecule has 2 aliphatic rings. The van der Waals surface area contributed by atoms with Gasteiger partial charge in [-0.3, -0.25) is 4.79 Å². The van der Waals surface area contributed by atoms with Gasteiger partial charge in [0.15, 0.2) is 0 Å². The van der Waals surface area contributed by atoms with Crippen LogP contribution in [-0.2, 0) is 4.79 Å². The van der Waals surface area contributed by atoms with E-state index >= 15 is 0 Å². The standard InChI is InChI=1S/C10H18N2O/c11-6-8-2-1-5-12(7-8)10(13)9-3-4-9/h8-9H,1-7,11H2/t8-/m1/s1. The molecule has 1 amide bonds. The summed E-state index contributed by atoms with van der Waals surface area (Å²) in [5.74, 6) is 1.31. The van der Waals surface area contributed by atoms with E-state index in [-0.39, 0.29) is 0 Å². The zero-order valence-electron chi connectivity index (χ0n) is 8.04. The molecule has 3 nitrogen and oxygen atoms in total. The molecule has 2 fully saturated rings. The van der Waals surface area contributed by atoms with Gasteiger partial charge in [-0.05, 0) is 38.1 Å². The van der Waals surface area contributed by atoms with Crippen LogP contribution in [-0.4, -0.2) is 30.4 Å². The molecule has 0 aromatic rings. The quantitative estimate of drug-likeness (QED) is 0.679. The van der Waals surface area contributed by atoms with Crippen LogP contribution in [0.4, 0.5) is 0 Å². The molecule has 1 aliphatic carbocycles. The number of carbonyl (C=O) groups is 1. The maximum atomic E-state index is 11.7. The van der Waals surface area contributed by atoms with Crippen molar-refractivity contribution in [2.45, 2.75) is 25.7 Å². The lowest BCUT2D eigenvalue weighted by Gasteiger charge is -2.32. The minimum Gasteiger partial charge on any atom is -0.342 e. The molecule has 0 aromatic carbocycles. The van der Waals surface area contributed by atoms with Gasteiger partial charge < -0.3 is 10.6 Å². The summed E-state index contributed by atoms with van der Waals surface area (Å²) in [6.45, 7) is 2.60. The number of nitrogens with two attached hydrogens (primary N) is 1. The highest BCUT2D eigenvalue weighted by atomic mass is 16.2. The van der Waals surface area contributed by atoms with Gasteiger partial charge in [-0.1, -0.05) is 0 Å². The summed E-state index contributed by atoms with van der Waals surface area (Å²) in [5.41, 5.74) is 5.62. The van der Waals surface area contributed by atoms with E-state index in [4.69, 9.17) is 5.73 Å². The summed E-state index contributed by atoms with van der Waals surface area (Å²) >= 11 is 0. The Morgan fingerprint density at radius 2 is 2.15 bits per heavy atom. The fraction of sp³-hybridized carbons (Fsp3) is 0.900. The minimum absolute atomic E-state index is 0.372. The number of nitrogens with zero attached hydrogens (tertiary/aromatic N) is 1. The normalized spacial score (nSPS) is 29.0. The predicted octanol–water partition coefficient (Wildman–Crippen LogP) is 0.594. The van der Waals surface area contributed by atoms with Crippen molar-refractivity contribution in [3.05, 3.63) is 0 Å². The van der Waals surface area contributed by atoms with E-state index in [1.54, 1.807) is 0 Å². The van der Waals surface area contributed by atoms with Gasteiger partial charge in [0, 0.05) is 19.0 Å². The van der Waals surface area contributed by atoms with Gasteiger partial charge in [0.05, 0.1) is 0 Å². The highest BCUT2D eigenvalue weighted by Gasteiger charge is 2.34. The van der Waals surface area contributed by atoms with Gasteiger partial charge in [-0.2, -0.15) is 0 Å². The van der Waals surface area contributed by atoms with Gasteiger partial charge in [-0.25, -0.2) is 0 Å². The van der Waals surface area contributed by atoms with Gasteiger partial charge in [-0.15, -0.1) is 0 Å². The van der Waals surface area contributed by atoms with Crippen molar-refractivity contribution in [1.29, 1.82) is 0 Å². The van der Waals surface area contributed by atoms with Gasteiger partial charge in [0.2, 0.25) is 5.91 Å². The van der Waals surface area contributed by atoms with Crippen LogP contribution in [0.2, 0.25) is 0 Å². The Morgan fingerprint density at radius 3 is 2.77 bits per heavy atom. The van der Waals surface area contributed by atoms with Crippen LogP contribution in [0.5, 0.6) is 0 Å². The summed E-state index contributed by atoms with van der Waals surface area (Å²) in [6.07, 6.45) is 4.57. The molecule has 0 unspecified atom stereocenters. The van der Waals surface area contributed by atoms with Crippen molar-refractivity contribution in [1.82, 2.24) is 4.90 Å². The summed E-state index contributed by atoms with van der Waals surface area (Å²) in [7, 11) is 0. The first-order valence-electron chi connectivity index (χ1n) is 5.30. The average Bonchev–Trinajstić information content (AvgIpc) is 3.00. The number of amides is 1. The van der Waals surface area contributed by atoms with Crippen molar-refractivity contribution in [2.24, 2.45) is 17.6 Å². The lowest BCUT2D eigenvalue weighted by Crippen LogP contribution is -2.42. The molecule has 0 radical (unpaired) electrons. The maximum Gasteiger partial charge on any atom is 0.225 e. The number of hydrogen-bond acceptors (Lipinski definition) is 2. The zero-order valence-corrected chi connectivity index (χ0v) is 8.04. The van der Waals surface area contributed by atoms with Crippen LogP contribution in [0, 0.1) is 11.8 Å².